The van der Waals surface area contributed by atoms with Gasteiger partial charge in [0, 0.05) is 24.3 Å². The Kier molecular flexibility index (Phi) is 3.79. The van der Waals surface area contributed by atoms with Gasteiger partial charge in [-0.1, -0.05) is 5.16 Å². The zero-order valence-corrected chi connectivity index (χ0v) is 11.7. The third kappa shape index (κ3) is 2.88. The number of nitrogens with one attached hydrogen (secondary N) is 2. The van der Waals surface area contributed by atoms with Gasteiger partial charge in [-0.25, -0.2) is 0 Å². The summed E-state index contributed by atoms with van der Waals surface area (Å²) in [7, 11) is 0. The van der Waals surface area contributed by atoms with Crippen LogP contribution in [0.15, 0.2) is 10.7 Å². The van der Waals surface area contributed by atoms with Gasteiger partial charge in [0.2, 0.25) is 0 Å². The highest BCUT2D eigenvalue weighted by Gasteiger charge is 2.30. The Bertz CT molecular complexity index is 565. The molecule has 2 atom stereocenters. The highest BCUT2D eigenvalue weighted by molar-refractivity contribution is 5.13. The summed E-state index contributed by atoms with van der Waals surface area (Å²) in [5.74, 6) is 1.25. The normalized spacial score (nSPS) is 22.5. The third-order valence-electron chi connectivity index (χ3n) is 3.55. The summed E-state index contributed by atoms with van der Waals surface area (Å²) in [6, 6.07) is 0. The maximum Gasteiger partial charge on any atom is 0.255 e. The van der Waals surface area contributed by atoms with Gasteiger partial charge in [-0.05, 0) is 26.7 Å². The number of nitrogens with zero attached hydrogens (tertiary/aromatic N) is 3. The Labute approximate surface area is 117 Å². The summed E-state index contributed by atoms with van der Waals surface area (Å²) < 4.78 is 11.1. The molecule has 2 N–H and O–H groups in total. The number of hydrogen-bond acceptors (Lipinski definition) is 6. The second-order valence-electron chi connectivity index (χ2n) is 5.16. The molecule has 1 fully saturated rings. The van der Waals surface area contributed by atoms with Crippen molar-refractivity contribution in [3.8, 4) is 0 Å². The molecule has 1 saturated heterocycles. The largest absolute Gasteiger partial charge is 0.364 e. The molecule has 7 nitrogen and oxygen atoms in total. The van der Waals surface area contributed by atoms with E-state index in [1.54, 1.807) is 0 Å². The zero-order chi connectivity index (χ0) is 13.9. The predicted molar refractivity (Wildman–Crippen MR) is 70.9 cm³/mol. The molecule has 3 rings (SSSR count). The Morgan fingerprint density at radius 1 is 1.40 bits per heavy atom. The van der Waals surface area contributed by atoms with Crippen LogP contribution < -0.4 is 5.32 Å². The highest BCUT2D eigenvalue weighted by atomic mass is 16.5. The molecule has 0 aromatic carbocycles. The van der Waals surface area contributed by atoms with Crippen LogP contribution in [0.2, 0.25) is 0 Å². The summed E-state index contributed by atoms with van der Waals surface area (Å²) in [4.78, 5) is 4.22. The third-order valence-corrected chi connectivity index (χ3v) is 3.55. The van der Waals surface area contributed by atoms with Crippen LogP contribution in [0, 0.1) is 13.8 Å². The molecule has 0 bridgehead atoms. The molecular weight excluding hydrogens is 258 g/mol. The van der Waals surface area contributed by atoms with Crippen molar-refractivity contribution < 1.29 is 9.26 Å². The topological polar surface area (TPSA) is 88.9 Å². The molecule has 0 radical (unpaired) electrons. The van der Waals surface area contributed by atoms with Crippen molar-refractivity contribution in [2.45, 2.75) is 45.4 Å². The minimum Gasteiger partial charge on any atom is -0.364 e. The second-order valence-corrected chi connectivity index (χ2v) is 5.16. The molecule has 0 amide bonds. The molecule has 3 heterocycles. The minimum atomic E-state index is -0.0568. The van der Waals surface area contributed by atoms with Gasteiger partial charge in [0.1, 0.15) is 6.10 Å². The molecule has 108 valence electrons. The number of hydrogen-bond donors (Lipinski definition) is 2. The summed E-state index contributed by atoms with van der Waals surface area (Å²) in [6.07, 6.45) is 3.92. The number of ether oxygens (including phenoxy) is 1. The number of aromatic nitrogens is 4. The van der Waals surface area contributed by atoms with Crippen LogP contribution in [0.1, 0.15) is 41.9 Å². The van der Waals surface area contributed by atoms with E-state index in [-0.39, 0.29) is 12.2 Å². The lowest BCUT2D eigenvalue weighted by Crippen LogP contribution is -2.26. The summed E-state index contributed by atoms with van der Waals surface area (Å²) in [5, 5.41) is 14.1. The van der Waals surface area contributed by atoms with Gasteiger partial charge in [0.15, 0.2) is 5.82 Å². The summed E-state index contributed by atoms with van der Waals surface area (Å²) >= 11 is 0. The van der Waals surface area contributed by atoms with Crippen LogP contribution in [0.3, 0.4) is 0 Å². The molecule has 1 aliphatic heterocycles. The Morgan fingerprint density at radius 3 is 3.00 bits per heavy atom. The maximum absolute atomic E-state index is 5.93. The Morgan fingerprint density at radius 2 is 2.30 bits per heavy atom. The number of rotatable bonds is 5. The lowest BCUT2D eigenvalue weighted by Gasteiger charge is -2.12. The fourth-order valence-corrected chi connectivity index (χ4v) is 2.40. The molecule has 0 spiro atoms. The zero-order valence-electron chi connectivity index (χ0n) is 11.7. The first-order chi connectivity index (χ1) is 9.72. The monoisotopic (exact) mass is 277 g/mol. The molecule has 0 aliphatic carbocycles. The van der Waals surface area contributed by atoms with E-state index in [1.165, 1.54) is 5.56 Å². The summed E-state index contributed by atoms with van der Waals surface area (Å²) in [5.41, 5.74) is 2.29. The first-order valence-electron chi connectivity index (χ1n) is 6.87. The van der Waals surface area contributed by atoms with Crippen molar-refractivity contribution >= 4 is 0 Å². The SMILES string of the molecule is Cc1noc([C@@H]2CC[C@H](CNCc3cn[nH]c3C)O2)n1. The van der Waals surface area contributed by atoms with E-state index in [2.05, 4.69) is 25.7 Å². The van der Waals surface area contributed by atoms with Crippen LogP contribution in [0.25, 0.3) is 0 Å². The lowest BCUT2D eigenvalue weighted by molar-refractivity contribution is 0.0264. The van der Waals surface area contributed by atoms with Crippen LogP contribution in [0.5, 0.6) is 0 Å². The van der Waals surface area contributed by atoms with Gasteiger partial charge in [-0.3, -0.25) is 5.10 Å². The summed E-state index contributed by atoms with van der Waals surface area (Å²) in [6.45, 7) is 5.44. The fraction of sp³-hybridized carbons (Fsp3) is 0.615. The maximum atomic E-state index is 5.93. The molecular formula is C13H19N5O2. The first kappa shape index (κ1) is 13.3. The molecule has 2 aromatic rings. The minimum absolute atomic E-state index is 0.0568. The van der Waals surface area contributed by atoms with E-state index < -0.39 is 0 Å². The van der Waals surface area contributed by atoms with Gasteiger partial charge in [0.25, 0.3) is 5.89 Å². The van der Waals surface area contributed by atoms with Gasteiger partial charge in [-0.2, -0.15) is 10.1 Å². The highest BCUT2D eigenvalue weighted by Crippen LogP contribution is 2.31. The molecule has 2 aromatic heterocycles. The first-order valence-corrected chi connectivity index (χ1v) is 6.87. The average molecular weight is 277 g/mol. The van der Waals surface area contributed by atoms with Crippen LogP contribution >= 0.6 is 0 Å². The van der Waals surface area contributed by atoms with Crippen LogP contribution in [0.4, 0.5) is 0 Å². The van der Waals surface area contributed by atoms with E-state index in [4.69, 9.17) is 9.26 Å². The number of aryl methyl sites for hydroxylation is 2. The van der Waals surface area contributed by atoms with Crippen molar-refractivity contribution in [3.05, 3.63) is 29.2 Å². The molecule has 0 saturated carbocycles. The van der Waals surface area contributed by atoms with E-state index in [9.17, 15) is 0 Å². The van der Waals surface area contributed by atoms with Crippen LogP contribution in [-0.2, 0) is 11.3 Å². The van der Waals surface area contributed by atoms with Crippen molar-refractivity contribution in [2.75, 3.05) is 6.54 Å². The Balaban J connectivity index is 1.45. The van der Waals surface area contributed by atoms with Gasteiger partial charge < -0.3 is 14.6 Å². The Hall–Kier alpha value is -1.73. The molecule has 7 heteroatoms. The van der Waals surface area contributed by atoms with Crippen molar-refractivity contribution in [2.24, 2.45) is 0 Å². The van der Waals surface area contributed by atoms with Gasteiger partial charge >= 0.3 is 0 Å². The van der Waals surface area contributed by atoms with E-state index in [0.29, 0.717) is 11.7 Å². The van der Waals surface area contributed by atoms with Crippen LogP contribution in [-0.4, -0.2) is 33.0 Å². The smallest absolute Gasteiger partial charge is 0.255 e. The quantitative estimate of drug-likeness (QED) is 0.859. The molecule has 1 aliphatic rings. The van der Waals surface area contributed by atoms with Crippen molar-refractivity contribution in [3.63, 3.8) is 0 Å². The lowest BCUT2D eigenvalue weighted by atomic mass is 10.2. The molecule has 20 heavy (non-hydrogen) atoms. The standard InChI is InChI=1S/C13H19N5O2/c1-8-10(6-15-17-8)5-14-7-11-3-4-12(19-11)13-16-9(2)18-20-13/h6,11-12,14H,3-5,7H2,1-2H3,(H,15,17)/t11-,12+/m1/s1. The van der Waals surface area contributed by atoms with Gasteiger partial charge in [-0.15, -0.1) is 0 Å². The van der Waals surface area contributed by atoms with Crippen molar-refractivity contribution in [1.82, 2.24) is 25.7 Å². The van der Waals surface area contributed by atoms with Crippen molar-refractivity contribution in [1.29, 1.82) is 0 Å². The number of aromatic amines is 1. The van der Waals surface area contributed by atoms with Gasteiger partial charge in [0.05, 0.1) is 12.3 Å². The molecule has 0 unspecified atom stereocenters. The van der Waals surface area contributed by atoms with E-state index in [0.717, 1.165) is 31.6 Å². The predicted octanol–water partition coefficient (Wildman–Crippen LogP) is 1.42. The van der Waals surface area contributed by atoms with E-state index >= 15 is 0 Å². The fourth-order valence-electron chi connectivity index (χ4n) is 2.40. The van der Waals surface area contributed by atoms with E-state index in [1.807, 2.05) is 20.0 Å². The second kappa shape index (κ2) is 5.72. The number of H-pyrrole nitrogens is 1. The average Bonchev–Trinajstić information content (AvgIpc) is 3.12.